The first-order valence-corrected chi connectivity index (χ1v) is 11.3. The van der Waals surface area contributed by atoms with E-state index in [0.717, 1.165) is 49.3 Å². The van der Waals surface area contributed by atoms with Crippen LogP contribution < -0.4 is 10.8 Å². The minimum Gasteiger partial charge on any atom is -0.444 e. The zero-order valence-corrected chi connectivity index (χ0v) is 20.4. The summed E-state index contributed by atoms with van der Waals surface area (Å²) in [6.45, 7) is 18.3. The molecule has 2 saturated heterocycles. The number of rotatable bonds is 4. The van der Waals surface area contributed by atoms with Gasteiger partial charge in [0.25, 0.3) is 0 Å². The molecule has 8 heteroatoms. The molecular formula is C23H38BN3O4. The lowest BCUT2D eigenvalue weighted by Crippen LogP contribution is -2.42. The molecule has 0 radical (unpaired) electrons. The monoisotopic (exact) mass is 431 g/mol. The molecular weight excluding hydrogens is 393 g/mol. The van der Waals surface area contributed by atoms with Crippen LogP contribution in [0.15, 0.2) is 12.3 Å². The number of likely N-dealkylation sites (tertiary alicyclic amines) is 1. The first-order valence-electron chi connectivity index (χ1n) is 11.3. The van der Waals surface area contributed by atoms with E-state index in [1.807, 2.05) is 31.9 Å². The maximum atomic E-state index is 12.2. The van der Waals surface area contributed by atoms with Crippen molar-refractivity contribution in [2.75, 3.05) is 25.0 Å². The van der Waals surface area contributed by atoms with Crippen LogP contribution in [-0.2, 0) is 14.0 Å². The van der Waals surface area contributed by atoms with Gasteiger partial charge in [-0.15, -0.1) is 0 Å². The van der Waals surface area contributed by atoms with Crippen molar-refractivity contribution in [1.82, 2.24) is 9.88 Å². The minimum atomic E-state index is -0.453. The number of nitrogens with one attached hydrogen (secondary N) is 1. The van der Waals surface area contributed by atoms with Crippen molar-refractivity contribution in [3.05, 3.63) is 17.8 Å². The number of carbonyl (C=O) groups is 1. The fourth-order valence-corrected chi connectivity index (χ4v) is 3.78. The van der Waals surface area contributed by atoms with Crippen LogP contribution in [0.5, 0.6) is 0 Å². The summed E-state index contributed by atoms with van der Waals surface area (Å²) in [5.74, 6) is 1.36. The molecule has 1 aromatic heterocycles. The van der Waals surface area contributed by atoms with Gasteiger partial charge in [0.05, 0.1) is 11.2 Å². The van der Waals surface area contributed by atoms with E-state index in [9.17, 15) is 4.79 Å². The van der Waals surface area contributed by atoms with Gasteiger partial charge in [-0.05, 0) is 85.8 Å². The van der Waals surface area contributed by atoms with Crippen LogP contribution in [0.1, 0.15) is 66.9 Å². The highest BCUT2D eigenvalue weighted by Gasteiger charge is 2.52. The second-order valence-electron chi connectivity index (χ2n) is 10.8. The number of aromatic nitrogens is 1. The second kappa shape index (κ2) is 8.62. The van der Waals surface area contributed by atoms with Crippen LogP contribution >= 0.6 is 0 Å². The molecule has 0 aromatic carbocycles. The third-order valence-electron chi connectivity index (χ3n) is 6.50. The SMILES string of the molecule is Cc1cc(NCC2CCN(C(=O)OC(C)(C)C)CC2)ncc1B1OC(C)(C)C(C)(C)O1. The largest absolute Gasteiger partial charge is 0.496 e. The van der Waals surface area contributed by atoms with Crippen molar-refractivity contribution in [2.24, 2.45) is 5.92 Å². The van der Waals surface area contributed by atoms with Crippen LogP contribution in [0, 0.1) is 12.8 Å². The van der Waals surface area contributed by atoms with Crippen LogP contribution in [0.2, 0.25) is 0 Å². The van der Waals surface area contributed by atoms with E-state index in [0.29, 0.717) is 5.92 Å². The molecule has 2 aliphatic heterocycles. The Labute approximate surface area is 187 Å². The highest BCUT2D eigenvalue weighted by Crippen LogP contribution is 2.36. The van der Waals surface area contributed by atoms with Crippen LogP contribution in [0.4, 0.5) is 10.6 Å². The third kappa shape index (κ3) is 5.72. The van der Waals surface area contributed by atoms with Crippen LogP contribution in [-0.4, -0.2) is 59.5 Å². The van der Waals surface area contributed by atoms with Gasteiger partial charge >= 0.3 is 13.2 Å². The molecule has 0 unspecified atom stereocenters. The predicted octanol–water partition coefficient (Wildman–Crippen LogP) is 3.75. The number of aryl methyl sites for hydroxylation is 1. The Morgan fingerprint density at radius 3 is 2.32 bits per heavy atom. The fraction of sp³-hybridized carbons (Fsp3) is 0.739. The lowest BCUT2D eigenvalue weighted by molar-refractivity contribution is 0.00578. The molecule has 0 bridgehead atoms. The van der Waals surface area contributed by atoms with Crippen LogP contribution in [0.3, 0.4) is 0 Å². The molecule has 2 fully saturated rings. The molecule has 0 atom stereocenters. The van der Waals surface area contributed by atoms with E-state index >= 15 is 0 Å². The molecule has 172 valence electrons. The van der Waals surface area contributed by atoms with E-state index in [2.05, 4.69) is 51.0 Å². The minimum absolute atomic E-state index is 0.213. The summed E-state index contributed by atoms with van der Waals surface area (Å²) in [5, 5.41) is 3.46. The average Bonchev–Trinajstić information content (AvgIpc) is 2.86. The van der Waals surface area contributed by atoms with Gasteiger partial charge in [0.1, 0.15) is 11.4 Å². The van der Waals surface area contributed by atoms with E-state index in [1.54, 1.807) is 0 Å². The second-order valence-corrected chi connectivity index (χ2v) is 10.8. The van der Waals surface area contributed by atoms with Crippen LogP contribution in [0.25, 0.3) is 0 Å². The number of carbonyl (C=O) groups excluding carboxylic acids is 1. The Morgan fingerprint density at radius 1 is 1.23 bits per heavy atom. The Hall–Kier alpha value is -1.80. The molecule has 1 aromatic rings. The molecule has 2 aliphatic rings. The Bertz CT molecular complexity index is 783. The van der Waals surface area contributed by atoms with E-state index < -0.39 is 12.7 Å². The highest BCUT2D eigenvalue weighted by molar-refractivity contribution is 6.62. The summed E-state index contributed by atoms with van der Waals surface area (Å²) in [7, 11) is -0.399. The smallest absolute Gasteiger partial charge is 0.444 e. The Balaban J connectivity index is 1.50. The maximum Gasteiger partial charge on any atom is 0.496 e. The zero-order valence-electron chi connectivity index (χ0n) is 20.4. The summed E-state index contributed by atoms with van der Waals surface area (Å²) >= 11 is 0. The molecule has 0 saturated carbocycles. The number of anilines is 1. The summed E-state index contributed by atoms with van der Waals surface area (Å²) in [6, 6.07) is 2.05. The molecule has 1 amide bonds. The van der Waals surface area contributed by atoms with E-state index in [4.69, 9.17) is 14.0 Å². The molecule has 3 rings (SSSR count). The van der Waals surface area contributed by atoms with Crippen molar-refractivity contribution < 1.29 is 18.8 Å². The molecule has 7 nitrogen and oxygen atoms in total. The summed E-state index contributed by atoms with van der Waals surface area (Å²) in [5.41, 5.74) is 0.876. The molecule has 1 N–H and O–H groups in total. The van der Waals surface area contributed by atoms with Crippen molar-refractivity contribution in [3.8, 4) is 0 Å². The topological polar surface area (TPSA) is 72.9 Å². The number of nitrogens with zero attached hydrogens (tertiary/aromatic N) is 2. The Morgan fingerprint density at radius 2 is 1.81 bits per heavy atom. The summed E-state index contributed by atoms with van der Waals surface area (Å²) in [4.78, 5) is 18.6. The van der Waals surface area contributed by atoms with Gasteiger partial charge in [-0.2, -0.15) is 0 Å². The van der Waals surface area contributed by atoms with Gasteiger partial charge in [-0.1, -0.05) is 0 Å². The standard InChI is InChI=1S/C23H38BN3O4/c1-16-13-19(26-15-18(16)24-30-22(5,6)23(7,8)31-24)25-14-17-9-11-27(12-10-17)20(28)29-21(2,3)4/h13,15,17H,9-12,14H2,1-8H3,(H,25,26). The number of ether oxygens (including phenoxy) is 1. The maximum absolute atomic E-state index is 12.2. The van der Waals surface area contributed by atoms with Gasteiger partial charge in [0.2, 0.25) is 0 Å². The van der Waals surface area contributed by atoms with Crippen molar-refractivity contribution >= 4 is 24.5 Å². The molecule has 0 aliphatic carbocycles. The first kappa shape index (κ1) is 23.9. The van der Waals surface area contributed by atoms with Gasteiger partial charge in [-0.3, -0.25) is 0 Å². The third-order valence-corrected chi connectivity index (χ3v) is 6.50. The summed E-state index contributed by atoms with van der Waals surface area (Å²) in [6.07, 6.45) is 3.55. The summed E-state index contributed by atoms with van der Waals surface area (Å²) < 4.78 is 17.8. The molecule has 31 heavy (non-hydrogen) atoms. The Kier molecular flexibility index (Phi) is 6.64. The number of piperidine rings is 1. The number of hydrogen-bond acceptors (Lipinski definition) is 6. The number of hydrogen-bond donors (Lipinski definition) is 1. The average molecular weight is 431 g/mol. The number of amides is 1. The van der Waals surface area contributed by atoms with E-state index in [1.165, 1.54) is 0 Å². The number of pyridine rings is 1. The first-order chi connectivity index (χ1) is 14.3. The zero-order chi connectivity index (χ0) is 23.0. The molecule has 3 heterocycles. The van der Waals surface area contributed by atoms with Gasteiger partial charge in [0.15, 0.2) is 0 Å². The van der Waals surface area contributed by atoms with Crippen molar-refractivity contribution in [2.45, 2.75) is 85.0 Å². The van der Waals surface area contributed by atoms with E-state index in [-0.39, 0.29) is 17.3 Å². The fourth-order valence-electron chi connectivity index (χ4n) is 3.78. The van der Waals surface area contributed by atoms with Gasteiger partial charge < -0.3 is 24.3 Å². The normalized spacial score (nSPS) is 21.3. The van der Waals surface area contributed by atoms with Gasteiger partial charge in [-0.25, -0.2) is 9.78 Å². The highest BCUT2D eigenvalue weighted by atomic mass is 16.7. The van der Waals surface area contributed by atoms with Crippen molar-refractivity contribution in [3.63, 3.8) is 0 Å². The van der Waals surface area contributed by atoms with Crippen molar-refractivity contribution in [1.29, 1.82) is 0 Å². The molecule has 0 spiro atoms. The van der Waals surface area contributed by atoms with Gasteiger partial charge in [0, 0.05) is 31.3 Å². The lowest BCUT2D eigenvalue weighted by atomic mass is 9.77. The quantitative estimate of drug-likeness (QED) is 0.733. The predicted molar refractivity (Wildman–Crippen MR) is 124 cm³/mol. The lowest BCUT2D eigenvalue weighted by Gasteiger charge is -2.33.